The first-order chi connectivity index (χ1) is 7.24. The van der Waals surface area contributed by atoms with Crippen LogP contribution in [0.3, 0.4) is 0 Å². The van der Waals surface area contributed by atoms with Crippen molar-refractivity contribution in [2.45, 2.75) is 57.5 Å². The normalized spacial score (nSPS) is 42.8. The van der Waals surface area contributed by atoms with E-state index in [1.165, 1.54) is 32.1 Å². The summed E-state index contributed by atoms with van der Waals surface area (Å²) in [5.41, 5.74) is -0.494. The van der Waals surface area contributed by atoms with E-state index in [0.29, 0.717) is 12.5 Å². The SMILES string of the molecule is CCC1CCCC(C2(O)CCCOC2)C1. The molecule has 3 unspecified atom stereocenters. The van der Waals surface area contributed by atoms with Gasteiger partial charge in [0.15, 0.2) is 0 Å². The third-order valence-electron chi connectivity index (χ3n) is 4.37. The van der Waals surface area contributed by atoms with Crippen LogP contribution in [0.25, 0.3) is 0 Å². The van der Waals surface area contributed by atoms with Crippen molar-refractivity contribution in [3.63, 3.8) is 0 Å². The molecule has 88 valence electrons. The van der Waals surface area contributed by atoms with Crippen molar-refractivity contribution in [3.05, 3.63) is 0 Å². The summed E-state index contributed by atoms with van der Waals surface area (Å²) in [5, 5.41) is 10.6. The lowest BCUT2D eigenvalue weighted by molar-refractivity contribution is -0.130. The van der Waals surface area contributed by atoms with Gasteiger partial charge in [-0.05, 0) is 37.5 Å². The van der Waals surface area contributed by atoms with E-state index in [1.807, 2.05) is 0 Å². The van der Waals surface area contributed by atoms with E-state index in [4.69, 9.17) is 4.74 Å². The van der Waals surface area contributed by atoms with Crippen LogP contribution in [0.4, 0.5) is 0 Å². The first kappa shape index (κ1) is 11.4. The predicted molar refractivity (Wildman–Crippen MR) is 60.7 cm³/mol. The Bertz CT molecular complexity index is 197. The molecule has 0 aromatic heterocycles. The average molecular weight is 212 g/mol. The van der Waals surface area contributed by atoms with Crippen molar-refractivity contribution in [1.82, 2.24) is 0 Å². The zero-order valence-corrected chi connectivity index (χ0v) is 9.87. The molecule has 2 aliphatic rings. The second kappa shape index (κ2) is 4.84. The highest BCUT2D eigenvalue weighted by Gasteiger charge is 2.40. The number of ether oxygens (including phenoxy) is 1. The maximum atomic E-state index is 10.6. The van der Waals surface area contributed by atoms with E-state index in [-0.39, 0.29) is 0 Å². The summed E-state index contributed by atoms with van der Waals surface area (Å²) in [6, 6.07) is 0. The van der Waals surface area contributed by atoms with Crippen LogP contribution in [-0.2, 0) is 4.74 Å². The second-order valence-electron chi connectivity index (χ2n) is 5.40. The molecular weight excluding hydrogens is 188 g/mol. The summed E-state index contributed by atoms with van der Waals surface area (Å²) in [7, 11) is 0. The highest BCUT2D eigenvalue weighted by molar-refractivity contribution is 4.91. The van der Waals surface area contributed by atoms with Crippen molar-refractivity contribution in [2.75, 3.05) is 13.2 Å². The first-order valence-corrected chi connectivity index (χ1v) is 6.55. The Morgan fingerprint density at radius 3 is 2.87 bits per heavy atom. The molecule has 2 rings (SSSR count). The Kier molecular flexibility index (Phi) is 3.68. The van der Waals surface area contributed by atoms with Gasteiger partial charge in [0, 0.05) is 6.61 Å². The molecule has 0 radical (unpaired) electrons. The molecule has 2 fully saturated rings. The van der Waals surface area contributed by atoms with Crippen LogP contribution in [0, 0.1) is 11.8 Å². The molecule has 0 spiro atoms. The molecule has 0 aromatic rings. The molecule has 2 heteroatoms. The number of hydrogen-bond acceptors (Lipinski definition) is 2. The molecule has 1 aliphatic heterocycles. The molecule has 1 N–H and O–H groups in total. The minimum absolute atomic E-state index is 0.494. The number of aliphatic hydroxyl groups is 1. The molecular formula is C13H24O2. The van der Waals surface area contributed by atoms with Gasteiger partial charge in [0.1, 0.15) is 0 Å². The van der Waals surface area contributed by atoms with Crippen molar-refractivity contribution < 1.29 is 9.84 Å². The summed E-state index contributed by atoms with van der Waals surface area (Å²) in [6.45, 7) is 3.69. The van der Waals surface area contributed by atoms with Gasteiger partial charge in [-0.15, -0.1) is 0 Å². The molecule has 2 nitrogen and oxygen atoms in total. The number of rotatable bonds is 2. The summed E-state index contributed by atoms with van der Waals surface area (Å²) in [5.74, 6) is 1.34. The third kappa shape index (κ3) is 2.54. The first-order valence-electron chi connectivity index (χ1n) is 6.55. The quantitative estimate of drug-likeness (QED) is 0.762. The van der Waals surface area contributed by atoms with Crippen LogP contribution in [-0.4, -0.2) is 23.9 Å². The smallest absolute Gasteiger partial charge is 0.0909 e. The van der Waals surface area contributed by atoms with Gasteiger partial charge in [-0.2, -0.15) is 0 Å². The topological polar surface area (TPSA) is 29.5 Å². The van der Waals surface area contributed by atoms with Crippen LogP contribution in [0.1, 0.15) is 51.9 Å². The average Bonchev–Trinajstić information content (AvgIpc) is 2.30. The predicted octanol–water partition coefficient (Wildman–Crippen LogP) is 2.74. The van der Waals surface area contributed by atoms with Crippen molar-refractivity contribution in [1.29, 1.82) is 0 Å². The molecule has 0 aromatic carbocycles. The van der Waals surface area contributed by atoms with Crippen molar-refractivity contribution >= 4 is 0 Å². The zero-order valence-electron chi connectivity index (χ0n) is 9.87. The molecule has 0 amide bonds. The largest absolute Gasteiger partial charge is 0.387 e. The third-order valence-corrected chi connectivity index (χ3v) is 4.37. The highest BCUT2D eigenvalue weighted by Crippen LogP contribution is 2.40. The maximum Gasteiger partial charge on any atom is 0.0909 e. The van der Waals surface area contributed by atoms with E-state index in [0.717, 1.165) is 25.4 Å². The summed E-state index contributed by atoms with van der Waals surface area (Å²) < 4.78 is 5.46. The molecule has 1 heterocycles. The van der Waals surface area contributed by atoms with E-state index in [2.05, 4.69) is 6.92 Å². The van der Waals surface area contributed by atoms with Gasteiger partial charge < -0.3 is 9.84 Å². The minimum atomic E-state index is -0.494. The molecule has 1 aliphatic carbocycles. The number of hydrogen-bond donors (Lipinski definition) is 1. The van der Waals surface area contributed by atoms with Crippen LogP contribution < -0.4 is 0 Å². The second-order valence-corrected chi connectivity index (χ2v) is 5.40. The fraction of sp³-hybridized carbons (Fsp3) is 1.00. The fourth-order valence-electron chi connectivity index (χ4n) is 3.27. The van der Waals surface area contributed by atoms with Gasteiger partial charge in [0.05, 0.1) is 12.2 Å². The van der Waals surface area contributed by atoms with E-state index in [9.17, 15) is 5.11 Å². The van der Waals surface area contributed by atoms with Crippen molar-refractivity contribution in [2.24, 2.45) is 11.8 Å². The van der Waals surface area contributed by atoms with E-state index < -0.39 is 5.60 Å². The fourth-order valence-corrected chi connectivity index (χ4v) is 3.27. The lowest BCUT2D eigenvalue weighted by Gasteiger charge is -2.42. The van der Waals surface area contributed by atoms with E-state index >= 15 is 0 Å². The monoisotopic (exact) mass is 212 g/mol. The van der Waals surface area contributed by atoms with Crippen LogP contribution >= 0.6 is 0 Å². The van der Waals surface area contributed by atoms with Gasteiger partial charge in [-0.1, -0.05) is 26.2 Å². The van der Waals surface area contributed by atoms with Crippen LogP contribution in [0.15, 0.2) is 0 Å². The van der Waals surface area contributed by atoms with Crippen LogP contribution in [0.2, 0.25) is 0 Å². The van der Waals surface area contributed by atoms with Crippen LogP contribution in [0.5, 0.6) is 0 Å². The molecule has 15 heavy (non-hydrogen) atoms. The molecule has 1 saturated carbocycles. The summed E-state index contributed by atoms with van der Waals surface area (Å²) >= 11 is 0. The van der Waals surface area contributed by atoms with Gasteiger partial charge in [0.25, 0.3) is 0 Å². The highest BCUT2D eigenvalue weighted by atomic mass is 16.5. The molecule has 3 atom stereocenters. The van der Waals surface area contributed by atoms with Gasteiger partial charge >= 0.3 is 0 Å². The van der Waals surface area contributed by atoms with E-state index in [1.54, 1.807) is 0 Å². The molecule has 0 bridgehead atoms. The minimum Gasteiger partial charge on any atom is -0.387 e. The summed E-state index contributed by atoms with van der Waals surface area (Å²) in [4.78, 5) is 0. The summed E-state index contributed by atoms with van der Waals surface area (Å²) in [6.07, 6.45) is 8.34. The Morgan fingerprint density at radius 1 is 1.33 bits per heavy atom. The Balaban J connectivity index is 1.95. The Labute approximate surface area is 93.0 Å². The van der Waals surface area contributed by atoms with Gasteiger partial charge in [-0.3, -0.25) is 0 Å². The lowest BCUT2D eigenvalue weighted by Crippen LogP contribution is -2.47. The van der Waals surface area contributed by atoms with Crippen molar-refractivity contribution in [3.8, 4) is 0 Å². The Morgan fingerprint density at radius 2 is 2.20 bits per heavy atom. The lowest BCUT2D eigenvalue weighted by atomic mass is 9.70. The maximum absolute atomic E-state index is 10.6. The van der Waals surface area contributed by atoms with Gasteiger partial charge in [-0.25, -0.2) is 0 Å². The zero-order chi connectivity index (χ0) is 10.7. The Hall–Kier alpha value is -0.0800. The standard InChI is InChI=1S/C13H24O2/c1-2-11-5-3-6-12(9-11)13(14)7-4-8-15-10-13/h11-12,14H,2-10H2,1H3. The van der Waals surface area contributed by atoms with Gasteiger partial charge in [0.2, 0.25) is 0 Å². The molecule has 1 saturated heterocycles.